The van der Waals surface area contributed by atoms with Gasteiger partial charge in [0.05, 0.1) is 12.5 Å². The maximum atomic E-state index is 10.6. The fraction of sp³-hybridized carbons (Fsp3) is 0.714. The van der Waals surface area contributed by atoms with Gasteiger partial charge in [0.25, 0.3) is 0 Å². The average molecular weight is 173 g/mol. The second-order valence-corrected chi connectivity index (χ2v) is 3.12. The molecule has 5 nitrogen and oxygen atoms in total. The summed E-state index contributed by atoms with van der Waals surface area (Å²) in [6.45, 7) is 1.59. The van der Waals surface area contributed by atoms with Gasteiger partial charge in [0.1, 0.15) is 0 Å². The Balaban J connectivity index is 2.42. The molecule has 0 bridgehead atoms. The van der Waals surface area contributed by atoms with Crippen molar-refractivity contribution in [3.63, 3.8) is 0 Å². The normalized spacial score (nSPS) is 32.3. The van der Waals surface area contributed by atoms with Gasteiger partial charge in [-0.3, -0.25) is 4.79 Å². The molecule has 0 heterocycles. The molecule has 2 atom stereocenters. The number of carboxylic acid groups (broad SMARTS) is 1. The Morgan fingerprint density at radius 3 is 2.58 bits per heavy atom. The first-order chi connectivity index (χ1) is 5.50. The minimum Gasteiger partial charge on any atom is -0.481 e. The Bertz CT molecular complexity index is 227. The van der Waals surface area contributed by atoms with Crippen LogP contribution in [0.2, 0.25) is 0 Å². The van der Waals surface area contributed by atoms with Crippen molar-refractivity contribution in [2.24, 2.45) is 5.41 Å². The van der Waals surface area contributed by atoms with Crippen LogP contribution in [0.3, 0.4) is 0 Å². The van der Waals surface area contributed by atoms with E-state index in [2.05, 4.69) is 10.1 Å². The molecule has 5 heteroatoms. The molecule has 1 fully saturated rings. The van der Waals surface area contributed by atoms with Gasteiger partial charge in [0.15, 0.2) is 0 Å². The number of aliphatic carboxylic acids is 1. The van der Waals surface area contributed by atoms with Crippen molar-refractivity contribution in [3.8, 4) is 0 Å². The molecule has 0 aliphatic heterocycles. The van der Waals surface area contributed by atoms with E-state index in [0.717, 1.165) is 0 Å². The highest BCUT2D eigenvalue weighted by Crippen LogP contribution is 2.45. The number of hydrogen-bond acceptors (Lipinski definition) is 3. The number of amides is 1. The van der Waals surface area contributed by atoms with Crippen molar-refractivity contribution in [1.82, 2.24) is 5.32 Å². The first kappa shape index (κ1) is 8.83. The summed E-state index contributed by atoms with van der Waals surface area (Å²) in [5, 5.41) is 11.1. The van der Waals surface area contributed by atoms with Crippen LogP contribution in [0.5, 0.6) is 0 Å². The van der Waals surface area contributed by atoms with Crippen LogP contribution in [0.1, 0.15) is 13.3 Å². The SMILES string of the molecule is COC(=O)NC1CC1(C)C(=O)O. The monoisotopic (exact) mass is 173 g/mol. The van der Waals surface area contributed by atoms with E-state index >= 15 is 0 Å². The molecular formula is C7H11NO4. The zero-order valence-electron chi connectivity index (χ0n) is 6.96. The van der Waals surface area contributed by atoms with Crippen LogP contribution in [0, 0.1) is 5.41 Å². The highest BCUT2D eigenvalue weighted by molar-refractivity contribution is 5.81. The molecule has 1 aliphatic carbocycles. The second kappa shape index (κ2) is 2.66. The van der Waals surface area contributed by atoms with Gasteiger partial charge in [0.2, 0.25) is 0 Å². The molecule has 0 aromatic carbocycles. The number of methoxy groups -OCH3 is 1. The molecule has 0 spiro atoms. The zero-order chi connectivity index (χ0) is 9.35. The lowest BCUT2D eigenvalue weighted by molar-refractivity contribution is -0.142. The van der Waals surface area contributed by atoms with Crippen LogP contribution in [-0.4, -0.2) is 30.3 Å². The standard InChI is InChI=1S/C7H11NO4/c1-7(5(9)10)3-4(7)8-6(11)12-2/h4H,3H2,1-2H3,(H,8,11)(H,9,10). The van der Waals surface area contributed by atoms with Crippen LogP contribution >= 0.6 is 0 Å². The molecule has 0 saturated heterocycles. The second-order valence-electron chi connectivity index (χ2n) is 3.12. The first-order valence-corrected chi connectivity index (χ1v) is 3.58. The molecule has 1 aliphatic rings. The number of hydrogen-bond donors (Lipinski definition) is 2. The predicted molar refractivity (Wildman–Crippen MR) is 39.7 cm³/mol. The van der Waals surface area contributed by atoms with Crippen LogP contribution in [0.4, 0.5) is 4.79 Å². The fourth-order valence-corrected chi connectivity index (χ4v) is 1.01. The smallest absolute Gasteiger partial charge is 0.407 e. The summed E-state index contributed by atoms with van der Waals surface area (Å²) in [6, 6.07) is -0.289. The number of nitrogens with one attached hydrogen (secondary N) is 1. The molecule has 0 radical (unpaired) electrons. The molecule has 2 N–H and O–H groups in total. The first-order valence-electron chi connectivity index (χ1n) is 3.58. The van der Waals surface area contributed by atoms with Crippen LogP contribution in [0.25, 0.3) is 0 Å². The van der Waals surface area contributed by atoms with Crippen molar-refractivity contribution in [1.29, 1.82) is 0 Å². The molecule has 0 aromatic heterocycles. The molecule has 1 rings (SSSR count). The highest BCUT2D eigenvalue weighted by Gasteiger charge is 2.57. The van der Waals surface area contributed by atoms with E-state index in [0.29, 0.717) is 6.42 Å². The van der Waals surface area contributed by atoms with Crippen molar-refractivity contribution in [3.05, 3.63) is 0 Å². The number of carboxylic acids is 1. The molecule has 2 unspecified atom stereocenters. The Hall–Kier alpha value is -1.26. The lowest BCUT2D eigenvalue weighted by Gasteiger charge is -2.05. The van der Waals surface area contributed by atoms with Crippen LogP contribution < -0.4 is 5.32 Å². The summed E-state index contributed by atoms with van der Waals surface area (Å²) in [6.07, 6.45) is -0.109. The number of rotatable bonds is 2. The zero-order valence-corrected chi connectivity index (χ0v) is 6.96. The lowest BCUT2D eigenvalue weighted by atomic mass is 10.1. The summed E-state index contributed by atoms with van der Waals surface area (Å²) < 4.78 is 4.33. The highest BCUT2D eigenvalue weighted by atomic mass is 16.5. The Morgan fingerprint density at radius 2 is 2.25 bits per heavy atom. The Labute approximate surface area is 69.7 Å². The van der Waals surface area contributed by atoms with Gasteiger partial charge in [-0.05, 0) is 13.3 Å². The summed E-state index contributed by atoms with van der Waals surface area (Å²) >= 11 is 0. The van der Waals surface area contributed by atoms with Gasteiger partial charge in [-0.1, -0.05) is 0 Å². The average Bonchev–Trinajstić information content (AvgIpc) is 2.63. The molecule has 0 aromatic rings. The topological polar surface area (TPSA) is 75.6 Å². The van der Waals surface area contributed by atoms with E-state index in [1.165, 1.54) is 7.11 Å². The maximum Gasteiger partial charge on any atom is 0.407 e. The van der Waals surface area contributed by atoms with E-state index in [-0.39, 0.29) is 6.04 Å². The van der Waals surface area contributed by atoms with E-state index in [1.807, 2.05) is 0 Å². The summed E-state index contributed by atoms with van der Waals surface area (Å²) in [5.74, 6) is -0.885. The third-order valence-corrected chi connectivity index (χ3v) is 2.20. The number of carbonyl (C=O) groups is 2. The van der Waals surface area contributed by atoms with Gasteiger partial charge in [0, 0.05) is 6.04 Å². The van der Waals surface area contributed by atoms with E-state index in [1.54, 1.807) is 6.92 Å². The van der Waals surface area contributed by atoms with Gasteiger partial charge in [-0.15, -0.1) is 0 Å². The van der Waals surface area contributed by atoms with Crippen molar-refractivity contribution >= 4 is 12.1 Å². The summed E-state index contributed by atoms with van der Waals surface area (Å²) in [5.41, 5.74) is -0.797. The fourth-order valence-electron chi connectivity index (χ4n) is 1.01. The van der Waals surface area contributed by atoms with Crippen molar-refractivity contribution in [2.45, 2.75) is 19.4 Å². The third kappa shape index (κ3) is 1.34. The Morgan fingerprint density at radius 1 is 1.67 bits per heavy atom. The number of ether oxygens (including phenoxy) is 1. The minimum absolute atomic E-state index is 0.289. The molecular weight excluding hydrogens is 162 g/mol. The number of carbonyl (C=O) groups excluding carboxylic acids is 1. The third-order valence-electron chi connectivity index (χ3n) is 2.20. The van der Waals surface area contributed by atoms with E-state index in [4.69, 9.17) is 5.11 Å². The Kier molecular flexibility index (Phi) is 1.95. The molecule has 68 valence electrons. The summed E-state index contributed by atoms with van der Waals surface area (Å²) in [4.78, 5) is 21.2. The van der Waals surface area contributed by atoms with E-state index in [9.17, 15) is 9.59 Å². The summed E-state index contributed by atoms with van der Waals surface area (Å²) in [7, 11) is 1.25. The van der Waals surface area contributed by atoms with Crippen LogP contribution in [0.15, 0.2) is 0 Å². The van der Waals surface area contributed by atoms with Gasteiger partial charge < -0.3 is 15.2 Å². The number of alkyl carbamates (subject to hydrolysis) is 1. The van der Waals surface area contributed by atoms with Gasteiger partial charge >= 0.3 is 12.1 Å². The largest absolute Gasteiger partial charge is 0.481 e. The van der Waals surface area contributed by atoms with E-state index < -0.39 is 17.5 Å². The van der Waals surface area contributed by atoms with Gasteiger partial charge in [-0.25, -0.2) is 4.79 Å². The predicted octanol–water partition coefficient (Wildman–Crippen LogP) is 0.206. The molecule has 1 amide bonds. The van der Waals surface area contributed by atoms with Crippen molar-refractivity contribution in [2.75, 3.05) is 7.11 Å². The van der Waals surface area contributed by atoms with Crippen molar-refractivity contribution < 1.29 is 19.4 Å². The molecule has 12 heavy (non-hydrogen) atoms. The van der Waals surface area contributed by atoms with Crippen LogP contribution in [-0.2, 0) is 9.53 Å². The maximum absolute atomic E-state index is 10.6. The quantitative estimate of drug-likeness (QED) is 0.625. The van der Waals surface area contributed by atoms with Gasteiger partial charge in [-0.2, -0.15) is 0 Å². The lowest BCUT2D eigenvalue weighted by Crippen LogP contribution is -2.31. The minimum atomic E-state index is -0.885. The molecule has 1 saturated carbocycles.